The Morgan fingerprint density at radius 2 is 1.88 bits per heavy atom. The van der Waals surface area contributed by atoms with Crippen LogP contribution in [0.3, 0.4) is 0 Å². The molecule has 1 aromatic carbocycles. The summed E-state index contributed by atoms with van der Waals surface area (Å²) >= 11 is 0. The van der Waals surface area contributed by atoms with E-state index in [1.54, 1.807) is 0 Å². The molecule has 2 rings (SSSR count). The van der Waals surface area contributed by atoms with Gasteiger partial charge >= 0.3 is 0 Å². The van der Waals surface area contributed by atoms with Gasteiger partial charge in [0.15, 0.2) is 0 Å². The summed E-state index contributed by atoms with van der Waals surface area (Å²) in [5.74, 6) is 0. The number of hydrogen-bond donors (Lipinski definition) is 1. The van der Waals surface area contributed by atoms with E-state index in [1.807, 2.05) is 0 Å². The lowest BCUT2D eigenvalue weighted by molar-refractivity contribution is 0.348. The van der Waals surface area contributed by atoms with Crippen LogP contribution in [-0.2, 0) is 5.41 Å². The molecule has 92 valence electrons. The van der Waals surface area contributed by atoms with Gasteiger partial charge in [0.25, 0.3) is 0 Å². The van der Waals surface area contributed by atoms with Crippen molar-refractivity contribution >= 4 is 0 Å². The van der Waals surface area contributed by atoms with Crippen molar-refractivity contribution in [1.82, 2.24) is 5.32 Å². The molecule has 0 aliphatic carbocycles. The van der Waals surface area contributed by atoms with Crippen molar-refractivity contribution in [3.8, 4) is 0 Å². The van der Waals surface area contributed by atoms with Gasteiger partial charge in [-0.05, 0) is 37.9 Å². The molecule has 1 fully saturated rings. The quantitative estimate of drug-likeness (QED) is 0.777. The van der Waals surface area contributed by atoms with Crippen LogP contribution < -0.4 is 5.32 Å². The van der Waals surface area contributed by atoms with Crippen molar-refractivity contribution in [3.05, 3.63) is 48.0 Å². The second-order valence-corrected chi connectivity index (χ2v) is 5.05. The van der Waals surface area contributed by atoms with Crippen LogP contribution in [0.2, 0.25) is 0 Å². The molecule has 17 heavy (non-hydrogen) atoms. The molecular formula is C16H23N. The van der Waals surface area contributed by atoms with Gasteiger partial charge in [0.1, 0.15) is 0 Å². The maximum absolute atomic E-state index is 4.39. The summed E-state index contributed by atoms with van der Waals surface area (Å²) in [5, 5.41) is 3.47. The van der Waals surface area contributed by atoms with Crippen LogP contribution in [0, 0.1) is 0 Å². The summed E-state index contributed by atoms with van der Waals surface area (Å²) < 4.78 is 0. The average Bonchev–Trinajstić information content (AvgIpc) is 2.41. The van der Waals surface area contributed by atoms with E-state index in [-0.39, 0.29) is 5.41 Å². The molecule has 0 radical (unpaired) electrons. The van der Waals surface area contributed by atoms with E-state index in [0.29, 0.717) is 0 Å². The van der Waals surface area contributed by atoms with Crippen LogP contribution >= 0.6 is 0 Å². The van der Waals surface area contributed by atoms with Crippen LogP contribution in [0.25, 0.3) is 0 Å². The molecule has 1 aliphatic heterocycles. The summed E-state index contributed by atoms with van der Waals surface area (Å²) in [6.07, 6.45) is 4.72. The number of rotatable bonds is 4. The van der Waals surface area contributed by atoms with E-state index in [4.69, 9.17) is 0 Å². The van der Waals surface area contributed by atoms with E-state index in [9.17, 15) is 0 Å². The Morgan fingerprint density at radius 3 is 2.47 bits per heavy atom. The molecule has 0 unspecified atom stereocenters. The molecule has 1 heteroatoms. The molecule has 1 aliphatic rings. The van der Waals surface area contributed by atoms with Crippen LogP contribution in [0.15, 0.2) is 42.5 Å². The largest absolute Gasteiger partial charge is 0.317 e. The highest BCUT2D eigenvalue weighted by Gasteiger charge is 2.35. The zero-order chi connectivity index (χ0) is 12.1. The Kier molecular flexibility index (Phi) is 4.01. The number of hydrogen-bond acceptors (Lipinski definition) is 1. The Hall–Kier alpha value is -1.08. The van der Waals surface area contributed by atoms with Crippen LogP contribution in [0.1, 0.15) is 38.2 Å². The van der Waals surface area contributed by atoms with Gasteiger partial charge < -0.3 is 5.32 Å². The molecule has 0 bridgehead atoms. The first-order valence-corrected chi connectivity index (χ1v) is 6.74. The zero-order valence-corrected chi connectivity index (χ0v) is 10.8. The van der Waals surface area contributed by atoms with Crippen molar-refractivity contribution in [2.24, 2.45) is 0 Å². The molecule has 1 nitrogen and oxygen atoms in total. The molecule has 1 heterocycles. The molecule has 1 saturated heterocycles. The van der Waals surface area contributed by atoms with Crippen LogP contribution in [0.5, 0.6) is 0 Å². The Labute approximate surface area is 105 Å². The predicted molar refractivity (Wildman–Crippen MR) is 74.3 cm³/mol. The SMILES string of the molecule is C=C(CCC)C1(c2ccccc2)CCNCC1. The highest BCUT2D eigenvalue weighted by atomic mass is 14.9. The summed E-state index contributed by atoms with van der Waals surface area (Å²) in [7, 11) is 0. The van der Waals surface area contributed by atoms with E-state index in [1.165, 1.54) is 30.4 Å². The van der Waals surface area contributed by atoms with E-state index in [0.717, 1.165) is 19.5 Å². The van der Waals surface area contributed by atoms with Crippen molar-refractivity contribution in [2.45, 2.75) is 38.0 Å². The topological polar surface area (TPSA) is 12.0 Å². The van der Waals surface area contributed by atoms with Crippen molar-refractivity contribution in [1.29, 1.82) is 0 Å². The smallest absolute Gasteiger partial charge is 0.0183 e. The van der Waals surface area contributed by atoms with Gasteiger partial charge in [0.05, 0.1) is 0 Å². The van der Waals surface area contributed by atoms with Crippen molar-refractivity contribution < 1.29 is 0 Å². The van der Waals surface area contributed by atoms with E-state index < -0.39 is 0 Å². The molecule has 1 aromatic rings. The first kappa shape index (κ1) is 12.4. The first-order chi connectivity index (χ1) is 8.29. The fourth-order valence-corrected chi connectivity index (χ4v) is 3.00. The number of allylic oxidation sites excluding steroid dienone is 1. The van der Waals surface area contributed by atoms with Gasteiger partial charge in [0, 0.05) is 5.41 Å². The molecule has 0 amide bonds. The summed E-state index contributed by atoms with van der Waals surface area (Å²) in [6, 6.07) is 10.9. The molecule has 0 aromatic heterocycles. The van der Waals surface area contributed by atoms with Gasteiger partial charge in [0.2, 0.25) is 0 Å². The Bertz CT molecular complexity index is 360. The van der Waals surface area contributed by atoms with Crippen LogP contribution in [0.4, 0.5) is 0 Å². The minimum Gasteiger partial charge on any atom is -0.317 e. The zero-order valence-electron chi connectivity index (χ0n) is 10.8. The van der Waals surface area contributed by atoms with Gasteiger partial charge in [-0.2, -0.15) is 0 Å². The van der Waals surface area contributed by atoms with Crippen molar-refractivity contribution in [2.75, 3.05) is 13.1 Å². The summed E-state index contributed by atoms with van der Waals surface area (Å²) in [5.41, 5.74) is 3.11. The third-order valence-corrected chi connectivity index (χ3v) is 4.01. The second-order valence-electron chi connectivity index (χ2n) is 5.05. The summed E-state index contributed by atoms with van der Waals surface area (Å²) in [4.78, 5) is 0. The first-order valence-electron chi connectivity index (χ1n) is 6.74. The molecule has 0 saturated carbocycles. The third kappa shape index (κ3) is 2.44. The molecule has 1 N–H and O–H groups in total. The van der Waals surface area contributed by atoms with Crippen LogP contribution in [-0.4, -0.2) is 13.1 Å². The maximum Gasteiger partial charge on any atom is 0.0183 e. The predicted octanol–water partition coefficient (Wildman–Crippen LogP) is 3.66. The maximum atomic E-state index is 4.39. The Morgan fingerprint density at radius 1 is 1.24 bits per heavy atom. The van der Waals surface area contributed by atoms with Gasteiger partial charge in [-0.25, -0.2) is 0 Å². The number of benzene rings is 1. The summed E-state index contributed by atoms with van der Waals surface area (Å²) in [6.45, 7) is 8.85. The standard InChI is InChI=1S/C16H23N/c1-3-7-14(2)16(10-12-17-13-11-16)15-8-5-4-6-9-15/h4-6,8-9,17H,2-3,7,10-13H2,1H3. The van der Waals surface area contributed by atoms with Gasteiger partial charge in [-0.3, -0.25) is 0 Å². The molecular weight excluding hydrogens is 206 g/mol. The lowest BCUT2D eigenvalue weighted by atomic mass is 9.67. The fraction of sp³-hybridized carbons (Fsp3) is 0.500. The monoisotopic (exact) mass is 229 g/mol. The minimum absolute atomic E-state index is 0.225. The lowest BCUT2D eigenvalue weighted by Gasteiger charge is -2.40. The number of nitrogens with one attached hydrogen (secondary N) is 1. The van der Waals surface area contributed by atoms with E-state index in [2.05, 4.69) is 49.2 Å². The molecule has 0 spiro atoms. The average molecular weight is 229 g/mol. The van der Waals surface area contributed by atoms with E-state index >= 15 is 0 Å². The van der Waals surface area contributed by atoms with Gasteiger partial charge in [-0.15, -0.1) is 0 Å². The number of piperidine rings is 1. The fourth-order valence-electron chi connectivity index (χ4n) is 3.00. The Balaban J connectivity index is 2.33. The minimum atomic E-state index is 0.225. The normalized spacial score (nSPS) is 18.9. The van der Waals surface area contributed by atoms with Crippen molar-refractivity contribution in [3.63, 3.8) is 0 Å². The highest BCUT2D eigenvalue weighted by Crippen LogP contribution is 2.41. The second kappa shape index (κ2) is 5.50. The third-order valence-electron chi connectivity index (χ3n) is 4.01. The molecule has 0 atom stereocenters. The highest BCUT2D eigenvalue weighted by molar-refractivity contribution is 5.36. The lowest BCUT2D eigenvalue weighted by Crippen LogP contribution is -2.41. The van der Waals surface area contributed by atoms with Gasteiger partial charge in [-0.1, -0.05) is 55.8 Å².